The van der Waals surface area contributed by atoms with Gasteiger partial charge < -0.3 is 4.74 Å². The highest BCUT2D eigenvalue weighted by atomic mass is 16.5. The summed E-state index contributed by atoms with van der Waals surface area (Å²) in [4.78, 5) is 0. The standard InChI is InChI=1S/C8H10N2O/c1-6-5-7(10-9)3-4-8(6)11-2/h3-5,9H,1-2H3. The van der Waals surface area contributed by atoms with Gasteiger partial charge in [0.1, 0.15) is 5.75 Å². The molecule has 0 saturated carbocycles. The fourth-order valence-electron chi connectivity index (χ4n) is 0.932. The second-order valence-corrected chi connectivity index (χ2v) is 2.27. The molecule has 0 aromatic heterocycles. The lowest BCUT2D eigenvalue weighted by Gasteiger charge is -2.02. The van der Waals surface area contributed by atoms with Gasteiger partial charge in [-0.2, -0.15) is 5.11 Å². The molecule has 3 heteroatoms. The second-order valence-electron chi connectivity index (χ2n) is 2.27. The van der Waals surface area contributed by atoms with Gasteiger partial charge in [0.15, 0.2) is 0 Å². The third-order valence-corrected chi connectivity index (χ3v) is 1.51. The first kappa shape index (κ1) is 7.72. The average Bonchev–Trinajstić information content (AvgIpc) is 2.04. The van der Waals surface area contributed by atoms with Gasteiger partial charge in [0.05, 0.1) is 12.8 Å². The summed E-state index contributed by atoms with van der Waals surface area (Å²) in [6, 6.07) is 5.37. The van der Waals surface area contributed by atoms with Crippen molar-refractivity contribution in [2.45, 2.75) is 6.92 Å². The molecule has 11 heavy (non-hydrogen) atoms. The van der Waals surface area contributed by atoms with Crippen LogP contribution in [0.5, 0.6) is 5.75 Å². The van der Waals surface area contributed by atoms with Gasteiger partial charge in [-0.25, -0.2) is 5.53 Å². The highest BCUT2D eigenvalue weighted by Gasteiger charge is 1.97. The number of ether oxygens (including phenoxy) is 1. The molecule has 0 radical (unpaired) electrons. The Morgan fingerprint density at radius 2 is 2.18 bits per heavy atom. The zero-order valence-electron chi connectivity index (χ0n) is 6.59. The van der Waals surface area contributed by atoms with Crippen LogP contribution in [0.15, 0.2) is 23.3 Å². The van der Waals surface area contributed by atoms with Crippen LogP contribution < -0.4 is 4.74 Å². The van der Waals surface area contributed by atoms with Gasteiger partial charge in [-0.1, -0.05) is 0 Å². The van der Waals surface area contributed by atoms with Crippen LogP contribution in [0.3, 0.4) is 0 Å². The Balaban J connectivity index is 3.09. The Morgan fingerprint density at radius 1 is 1.45 bits per heavy atom. The highest BCUT2D eigenvalue weighted by Crippen LogP contribution is 2.22. The Morgan fingerprint density at radius 3 is 2.64 bits per heavy atom. The van der Waals surface area contributed by atoms with Crippen LogP contribution in [-0.2, 0) is 0 Å². The molecule has 0 amide bonds. The smallest absolute Gasteiger partial charge is 0.121 e. The molecule has 0 saturated heterocycles. The van der Waals surface area contributed by atoms with Crippen LogP contribution in [0.25, 0.3) is 0 Å². The zero-order chi connectivity index (χ0) is 8.27. The molecule has 3 nitrogen and oxygen atoms in total. The van der Waals surface area contributed by atoms with E-state index in [-0.39, 0.29) is 0 Å². The van der Waals surface area contributed by atoms with Crippen LogP contribution in [-0.4, -0.2) is 7.11 Å². The van der Waals surface area contributed by atoms with Crippen LogP contribution >= 0.6 is 0 Å². The van der Waals surface area contributed by atoms with Crippen LogP contribution in [0.1, 0.15) is 5.56 Å². The Bertz CT molecular complexity index is 271. The number of methoxy groups -OCH3 is 1. The minimum atomic E-state index is 0.656. The lowest BCUT2D eigenvalue weighted by atomic mass is 10.2. The molecule has 0 bridgehead atoms. The van der Waals surface area contributed by atoms with Crippen molar-refractivity contribution >= 4 is 5.69 Å². The number of rotatable bonds is 2. The molecule has 1 aromatic carbocycles. The van der Waals surface area contributed by atoms with Crippen molar-refractivity contribution in [2.24, 2.45) is 5.11 Å². The summed E-state index contributed by atoms with van der Waals surface area (Å²) in [7, 11) is 1.62. The van der Waals surface area contributed by atoms with Crippen molar-refractivity contribution in [3.05, 3.63) is 23.8 Å². The summed E-state index contributed by atoms with van der Waals surface area (Å²) in [5.41, 5.74) is 8.41. The largest absolute Gasteiger partial charge is 0.496 e. The molecule has 58 valence electrons. The lowest BCUT2D eigenvalue weighted by Crippen LogP contribution is -1.84. The predicted molar refractivity (Wildman–Crippen MR) is 42.5 cm³/mol. The van der Waals surface area contributed by atoms with E-state index in [0.29, 0.717) is 5.69 Å². The minimum Gasteiger partial charge on any atom is -0.496 e. The fraction of sp³-hybridized carbons (Fsp3) is 0.250. The maximum Gasteiger partial charge on any atom is 0.121 e. The van der Waals surface area contributed by atoms with Gasteiger partial charge in [-0.3, -0.25) is 0 Å². The van der Waals surface area contributed by atoms with E-state index in [9.17, 15) is 0 Å². The number of hydrogen-bond acceptors (Lipinski definition) is 3. The van der Waals surface area contributed by atoms with E-state index in [1.807, 2.05) is 19.1 Å². The third-order valence-electron chi connectivity index (χ3n) is 1.51. The molecule has 1 aromatic rings. The molecule has 1 rings (SSSR count). The number of nitrogens with zero attached hydrogens (tertiary/aromatic N) is 1. The summed E-state index contributed by atoms with van der Waals surface area (Å²) < 4.78 is 5.04. The maximum atomic E-state index is 6.75. The molecule has 0 fully saturated rings. The van der Waals surface area contributed by atoms with Gasteiger partial charge in [0, 0.05) is 0 Å². The Labute approximate surface area is 65.5 Å². The van der Waals surface area contributed by atoms with Gasteiger partial charge in [0.2, 0.25) is 0 Å². The van der Waals surface area contributed by atoms with Crippen LogP contribution in [0.2, 0.25) is 0 Å². The predicted octanol–water partition coefficient (Wildman–Crippen LogP) is 2.67. The molecule has 0 heterocycles. The van der Waals surface area contributed by atoms with E-state index in [4.69, 9.17) is 10.3 Å². The minimum absolute atomic E-state index is 0.656. The van der Waals surface area contributed by atoms with E-state index in [1.165, 1.54) is 0 Å². The fourth-order valence-corrected chi connectivity index (χ4v) is 0.932. The maximum absolute atomic E-state index is 6.75. The Hall–Kier alpha value is -1.38. The van der Waals surface area contributed by atoms with Crippen molar-refractivity contribution in [3.8, 4) is 5.75 Å². The average molecular weight is 150 g/mol. The molecular formula is C8H10N2O. The summed E-state index contributed by atoms with van der Waals surface area (Å²) >= 11 is 0. The van der Waals surface area contributed by atoms with Crippen molar-refractivity contribution < 1.29 is 4.74 Å². The van der Waals surface area contributed by atoms with E-state index in [1.54, 1.807) is 13.2 Å². The summed E-state index contributed by atoms with van der Waals surface area (Å²) in [5, 5.41) is 3.30. The van der Waals surface area contributed by atoms with Crippen molar-refractivity contribution in [1.29, 1.82) is 5.53 Å². The molecular weight excluding hydrogens is 140 g/mol. The van der Waals surface area contributed by atoms with Crippen LogP contribution in [0.4, 0.5) is 5.69 Å². The first-order chi connectivity index (χ1) is 5.27. The summed E-state index contributed by atoms with van der Waals surface area (Å²) in [5.74, 6) is 0.831. The van der Waals surface area contributed by atoms with Crippen molar-refractivity contribution in [2.75, 3.05) is 7.11 Å². The van der Waals surface area contributed by atoms with E-state index in [0.717, 1.165) is 11.3 Å². The highest BCUT2D eigenvalue weighted by molar-refractivity contribution is 5.45. The monoisotopic (exact) mass is 150 g/mol. The molecule has 0 aliphatic carbocycles. The van der Waals surface area contributed by atoms with Gasteiger partial charge in [-0.15, -0.1) is 0 Å². The first-order valence-corrected chi connectivity index (χ1v) is 3.30. The van der Waals surface area contributed by atoms with E-state index >= 15 is 0 Å². The Kier molecular flexibility index (Phi) is 2.21. The first-order valence-electron chi connectivity index (χ1n) is 3.30. The zero-order valence-corrected chi connectivity index (χ0v) is 6.59. The molecule has 0 atom stereocenters. The normalized spacial score (nSPS) is 9.27. The summed E-state index contributed by atoms with van der Waals surface area (Å²) in [6.45, 7) is 1.92. The molecule has 1 N–H and O–H groups in total. The lowest BCUT2D eigenvalue weighted by molar-refractivity contribution is 0.412. The summed E-state index contributed by atoms with van der Waals surface area (Å²) in [6.07, 6.45) is 0. The second kappa shape index (κ2) is 3.14. The molecule has 0 spiro atoms. The SMILES string of the molecule is COc1ccc(N=N)cc1C. The van der Waals surface area contributed by atoms with Gasteiger partial charge in [-0.05, 0) is 30.7 Å². The third kappa shape index (κ3) is 1.55. The number of benzene rings is 1. The van der Waals surface area contributed by atoms with Gasteiger partial charge in [0.25, 0.3) is 0 Å². The number of hydrogen-bond donors (Lipinski definition) is 1. The van der Waals surface area contributed by atoms with Gasteiger partial charge >= 0.3 is 0 Å². The number of nitrogens with one attached hydrogen (secondary N) is 1. The van der Waals surface area contributed by atoms with Crippen molar-refractivity contribution in [3.63, 3.8) is 0 Å². The van der Waals surface area contributed by atoms with Crippen LogP contribution in [0, 0.1) is 12.5 Å². The number of aryl methyl sites for hydroxylation is 1. The van der Waals surface area contributed by atoms with E-state index < -0.39 is 0 Å². The quantitative estimate of drug-likeness (QED) is 0.647. The molecule has 0 unspecified atom stereocenters. The topological polar surface area (TPSA) is 45.4 Å². The van der Waals surface area contributed by atoms with Crippen molar-refractivity contribution in [1.82, 2.24) is 0 Å². The molecule has 0 aliphatic heterocycles. The molecule has 0 aliphatic rings. The van der Waals surface area contributed by atoms with E-state index in [2.05, 4.69) is 5.11 Å².